The fourth-order valence-corrected chi connectivity index (χ4v) is 0. The van der Waals surface area contributed by atoms with E-state index in [1.54, 1.807) is 0 Å². The molecular weight excluding hydrogens is 186 g/mol. The maximum Gasteiger partial charge on any atom is 0 e. The Balaban J connectivity index is -0.00000000267. The van der Waals surface area contributed by atoms with Crippen LogP contribution in [0.3, 0.4) is 0 Å². The van der Waals surface area contributed by atoms with Crippen LogP contribution >= 0.6 is 0 Å². The Hall–Kier alpha value is -0.438. The molecule has 0 amide bonds. The summed E-state index contributed by atoms with van der Waals surface area (Å²) in [5, 5.41) is 12.5. The van der Waals surface area contributed by atoms with Gasteiger partial charge in [0, 0.05) is 20.4 Å². The zero-order valence-corrected chi connectivity index (χ0v) is 4.92. The van der Waals surface area contributed by atoms with Crippen LogP contribution in [-0.4, -0.2) is 0 Å². The average molecular weight is 191 g/mol. The number of nitrogens with two attached hydrogens (primary N) is 2. The Morgan fingerprint density at radius 3 is 0.714 bits per heavy atom. The van der Waals surface area contributed by atoms with Crippen molar-refractivity contribution in [1.82, 2.24) is 0 Å². The van der Waals surface area contributed by atoms with Crippen molar-refractivity contribution in [2.75, 3.05) is 0 Å². The van der Waals surface area contributed by atoms with E-state index < -0.39 is 0 Å². The molecule has 5 heteroatoms. The van der Waals surface area contributed by atoms with Gasteiger partial charge in [0.05, 0.1) is 0 Å². The van der Waals surface area contributed by atoms with Crippen LogP contribution in [0.4, 0.5) is 0 Å². The first-order valence-electron chi connectivity index (χ1n) is 0.447. The summed E-state index contributed by atoms with van der Waals surface area (Å²) >= 11 is 0. The van der Waals surface area contributed by atoms with Gasteiger partial charge < -0.3 is 36.0 Å². The van der Waals surface area contributed by atoms with Gasteiger partial charge in [0.1, 0.15) is 0 Å². The molecular formula is C2H4N4Pd-4. The van der Waals surface area contributed by atoms with Gasteiger partial charge >= 0.3 is 0 Å². The van der Waals surface area contributed by atoms with Crippen molar-refractivity contribution in [2.24, 2.45) is 0 Å². The second-order valence-corrected chi connectivity index (χ2v) is 0. The molecule has 0 aromatic rings. The van der Waals surface area contributed by atoms with Crippen molar-refractivity contribution in [3.63, 3.8) is 0 Å². The zero-order chi connectivity index (χ0) is 4.00. The van der Waals surface area contributed by atoms with Crippen LogP contribution in [0.5, 0.6) is 0 Å². The summed E-state index contributed by atoms with van der Waals surface area (Å²) in [5.41, 5.74) is 0. The fourth-order valence-electron chi connectivity index (χ4n) is 0. The summed E-state index contributed by atoms with van der Waals surface area (Å²) in [7, 11) is 0. The van der Waals surface area contributed by atoms with Gasteiger partial charge in [0.2, 0.25) is 0 Å². The van der Waals surface area contributed by atoms with Gasteiger partial charge in [-0.15, -0.1) is 0 Å². The number of hydrogen-bond donors (Lipinski definition) is 0. The Kier molecular flexibility index (Phi) is 7180. The summed E-state index contributed by atoms with van der Waals surface area (Å²) in [6, 6.07) is 0. The topological polar surface area (TPSA) is 115 Å². The molecule has 0 aliphatic carbocycles. The first-order valence-corrected chi connectivity index (χ1v) is 0.447. The number of rotatable bonds is 0. The van der Waals surface area contributed by atoms with E-state index in [4.69, 9.17) is 23.7 Å². The molecule has 0 spiro atoms. The zero-order valence-electron chi connectivity index (χ0n) is 3.37. The minimum Gasteiger partial charge on any atom is -0.693 e. The van der Waals surface area contributed by atoms with Crippen molar-refractivity contribution in [2.45, 2.75) is 0 Å². The van der Waals surface area contributed by atoms with E-state index in [1.165, 1.54) is 0 Å². The van der Waals surface area contributed by atoms with Crippen molar-refractivity contribution in [3.05, 3.63) is 25.4 Å². The van der Waals surface area contributed by atoms with E-state index in [0.717, 1.165) is 0 Å². The summed E-state index contributed by atoms with van der Waals surface area (Å²) in [6.07, 6.45) is 0. The summed E-state index contributed by atoms with van der Waals surface area (Å²) in [6.45, 7) is 9.50. The molecule has 0 fully saturated rings. The van der Waals surface area contributed by atoms with Gasteiger partial charge in [-0.25, -0.2) is 0 Å². The predicted octanol–water partition coefficient (Wildman–Crippen LogP) is 1.62. The van der Waals surface area contributed by atoms with Gasteiger partial charge in [-0.1, -0.05) is 0 Å². The monoisotopic (exact) mass is 190 g/mol. The van der Waals surface area contributed by atoms with Crippen LogP contribution in [0.25, 0.3) is 12.3 Å². The van der Waals surface area contributed by atoms with E-state index in [2.05, 4.69) is 0 Å². The SMILES string of the molecule is [C-]#N.[C-]#N.[NH2-].[NH2-].[Pd]. The van der Waals surface area contributed by atoms with Gasteiger partial charge in [0.15, 0.2) is 0 Å². The molecule has 7 heavy (non-hydrogen) atoms. The molecule has 0 saturated carbocycles. The summed E-state index contributed by atoms with van der Waals surface area (Å²) < 4.78 is 0. The van der Waals surface area contributed by atoms with Gasteiger partial charge in [0.25, 0.3) is 0 Å². The van der Waals surface area contributed by atoms with Crippen LogP contribution in [0.2, 0.25) is 0 Å². The van der Waals surface area contributed by atoms with Crippen LogP contribution < -0.4 is 0 Å². The molecule has 0 atom stereocenters. The van der Waals surface area contributed by atoms with Gasteiger partial charge in [-0.2, -0.15) is 0 Å². The third kappa shape index (κ3) is 369. The first-order chi connectivity index (χ1) is 2.00. The molecule has 0 rings (SSSR count). The van der Waals surface area contributed by atoms with Crippen molar-refractivity contribution >= 4 is 0 Å². The number of nitrogens with zero attached hydrogens (tertiary/aromatic N) is 2. The smallest absolute Gasteiger partial charge is 0 e. The Labute approximate surface area is 56.9 Å². The third-order valence-electron chi connectivity index (χ3n) is 0. The molecule has 0 radical (unpaired) electrons. The maximum atomic E-state index is 6.25. The molecule has 46 valence electrons. The normalized spacial score (nSPS) is 0.571. The van der Waals surface area contributed by atoms with Crippen molar-refractivity contribution in [1.29, 1.82) is 10.5 Å². The number of hydrogen-bond acceptors (Lipinski definition) is 2. The summed E-state index contributed by atoms with van der Waals surface area (Å²) in [4.78, 5) is 0. The Morgan fingerprint density at radius 1 is 0.714 bits per heavy atom. The van der Waals surface area contributed by atoms with E-state index in [1.807, 2.05) is 0 Å². The average Bonchev–Trinajstić information content (AvgIpc) is 1.50. The molecule has 0 aliphatic rings. The Bertz CT molecular complexity index is 25.2. The molecule has 0 bridgehead atoms. The van der Waals surface area contributed by atoms with Crippen molar-refractivity contribution in [3.8, 4) is 0 Å². The van der Waals surface area contributed by atoms with Gasteiger partial charge in [-0.05, 0) is 0 Å². The molecule has 0 heterocycles. The summed E-state index contributed by atoms with van der Waals surface area (Å²) in [5.74, 6) is 0. The van der Waals surface area contributed by atoms with E-state index in [-0.39, 0.29) is 32.7 Å². The minimum atomic E-state index is 0. The van der Waals surface area contributed by atoms with Crippen LogP contribution in [0.15, 0.2) is 0 Å². The van der Waals surface area contributed by atoms with E-state index in [0.29, 0.717) is 0 Å². The first kappa shape index (κ1) is 83.2. The third-order valence-corrected chi connectivity index (χ3v) is 0. The van der Waals surface area contributed by atoms with Crippen molar-refractivity contribution < 1.29 is 20.4 Å². The minimum absolute atomic E-state index is 0. The second-order valence-electron chi connectivity index (χ2n) is 0. The largest absolute Gasteiger partial charge is 0.693 e. The van der Waals surface area contributed by atoms with Crippen LogP contribution in [-0.2, 0) is 20.4 Å². The quantitative estimate of drug-likeness (QED) is 0.426. The molecule has 0 aromatic heterocycles. The maximum absolute atomic E-state index is 6.25. The van der Waals surface area contributed by atoms with Crippen LogP contribution in [0, 0.1) is 23.7 Å². The van der Waals surface area contributed by atoms with Gasteiger partial charge in [-0.3, -0.25) is 0 Å². The van der Waals surface area contributed by atoms with E-state index >= 15 is 0 Å². The predicted molar refractivity (Wildman–Crippen MR) is 20.5 cm³/mol. The Morgan fingerprint density at radius 2 is 0.714 bits per heavy atom. The van der Waals surface area contributed by atoms with Crippen LogP contribution in [0.1, 0.15) is 0 Å². The second kappa shape index (κ2) is 604. The van der Waals surface area contributed by atoms with E-state index in [9.17, 15) is 0 Å². The standard InChI is InChI=1S/2CN.2H2N.Pd/c2*1-2;;;/h;;2*1H2;/q4*-1;. The fraction of sp³-hybridized carbons (Fsp3) is 0. The molecule has 0 saturated heterocycles. The molecule has 4 nitrogen and oxygen atoms in total. The molecule has 0 aliphatic heterocycles. The molecule has 0 aromatic carbocycles. The molecule has 0 unspecified atom stereocenters. The molecule has 4 N–H and O–H groups in total.